The highest BCUT2D eigenvalue weighted by Crippen LogP contribution is 2.35. The Hall–Kier alpha value is -2.61. The normalized spacial score (nSPS) is 10.8. The largest absolute Gasteiger partial charge is 0.487 e. The third-order valence-electron chi connectivity index (χ3n) is 3.90. The zero-order valence-electron chi connectivity index (χ0n) is 15.8. The highest BCUT2D eigenvalue weighted by atomic mass is 35.5. The fourth-order valence-corrected chi connectivity index (χ4v) is 2.66. The number of nitrogens with one attached hydrogen (secondary N) is 1. The number of halogens is 1. The van der Waals surface area contributed by atoms with E-state index in [0.717, 1.165) is 16.6 Å². The molecular formula is C20H22ClN3O4. The van der Waals surface area contributed by atoms with Gasteiger partial charge in [-0.1, -0.05) is 11.6 Å². The summed E-state index contributed by atoms with van der Waals surface area (Å²) in [4.78, 5) is 8.73. The first-order valence-corrected chi connectivity index (χ1v) is 9.14. The van der Waals surface area contributed by atoms with E-state index in [1.807, 2.05) is 36.4 Å². The average Bonchev–Trinajstić information content (AvgIpc) is 2.70. The number of hydrogen-bond donors (Lipinski definition) is 1. The lowest BCUT2D eigenvalue weighted by Crippen LogP contribution is -2.09. The van der Waals surface area contributed by atoms with E-state index >= 15 is 0 Å². The Morgan fingerprint density at radius 1 is 0.857 bits per heavy atom. The monoisotopic (exact) mass is 403 g/mol. The van der Waals surface area contributed by atoms with Crippen LogP contribution in [0.15, 0.2) is 42.7 Å². The van der Waals surface area contributed by atoms with Gasteiger partial charge < -0.3 is 24.3 Å². The van der Waals surface area contributed by atoms with Crippen molar-refractivity contribution in [3.8, 4) is 11.5 Å². The Kier molecular flexibility index (Phi) is 7.25. The van der Waals surface area contributed by atoms with E-state index in [4.69, 9.17) is 30.5 Å². The summed E-state index contributed by atoms with van der Waals surface area (Å²) < 4.78 is 21.8. The van der Waals surface area contributed by atoms with Gasteiger partial charge in [-0.3, -0.25) is 0 Å². The molecule has 0 aliphatic carbocycles. The lowest BCUT2D eigenvalue weighted by Gasteiger charge is -2.15. The molecule has 0 spiro atoms. The van der Waals surface area contributed by atoms with Crippen molar-refractivity contribution in [1.82, 2.24) is 9.97 Å². The van der Waals surface area contributed by atoms with Crippen molar-refractivity contribution in [3.63, 3.8) is 0 Å². The van der Waals surface area contributed by atoms with E-state index < -0.39 is 0 Å². The summed E-state index contributed by atoms with van der Waals surface area (Å²) in [6, 6.07) is 11.1. The summed E-state index contributed by atoms with van der Waals surface area (Å²) in [5.74, 6) is 1.85. The van der Waals surface area contributed by atoms with Gasteiger partial charge in [0.1, 0.15) is 25.4 Å². The first-order chi connectivity index (χ1) is 13.7. The summed E-state index contributed by atoms with van der Waals surface area (Å²) in [6.07, 6.45) is 1.50. The molecule has 7 nitrogen and oxygen atoms in total. The summed E-state index contributed by atoms with van der Waals surface area (Å²) in [6.45, 7) is 1.75. The van der Waals surface area contributed by atoms with E-state index in [-0.39, 0.29) is 0 Å². The number of benzene rings is 2. The number of aromatic nitrogens is 2. The predicted molar refractivity (Wildman–Crippen MR) is 109 cm³/mol. The second-order valence-corrected chi connectivity index (χ2v) is 6.29. The molecule has 3 rings (SSSR count). The van der Waals surface area contributed by atoms with Crippen molar-refractivity contribution in [2.45, 2.75) is 0 Å². The maximum atomic E-state index is 5.96. The number of rotatable bonds is 10. The molecule has 8 heteroatoms. The van der Waals surface area contributed by atoms with E-state index in [2.05, 4.69) is 15.3 Å². The van der Waals surface area contributed by atoms with E-state index in [9.17, 15) is 0 Å². The minimum atomic E-state index is 0.399. The lowest BCUT2D eigenvalue weighted by molar-refractivity contribution is 0.132. The van der Waals surface area contributed by atoms with Crippen LogP contribution in [0.25, 0.3) is 10.9 Å². The minimum Gasteiger partial charge on any atom is -0.487 e. The highest BCUT2D eigenvalue weighted by molar-refractivity contribution is 6.30. The SMILES string of the molecule is COCCOc1cc2ncnc(Nc3ccc(Cl)cc3)c2cc1OCCOC. The van der Waals surface area contributed by atoms with Gasteiger partial charge in [0.15, 0.2) is 11.5 Å². The van der Waals surface area contributed by atoms with Crippen LogP contribution in [0.2, 0.25) is 5.02 Å². The van der Waals surface area contributed by atoms with Crippen LogP contribution in [0.5, 0.6) is 11.5 Å². The van der Waals surface area contributed by atoms with Gasteiger partial charge in [0.25, 0.3) is 0 Å². The van der Waals surface area contributed by atoms with Crippen LogP contribution in [0.4, 0.5) is 11.5 Å². The Bertz CT molecular complexity index is 906. The molecule has 0 amide bonds. The van der Waals surface area contributed by atoms with Crippen LogP contribution in [0, 0.1) is 0 Å². The van der Waals surface area contributed by atoms with Crippen molar-refractivity contribution >= 4 is 34.0 Å². The number of fused-ring (bicyclic) bond motifs is 1. The molecule has 148 valence electrons. The summed E-state index contributed by atoms with van der Waals surface area (Å²) in [7, 11) is 3.25. The molecule has 0 aliphatic rings. The third kappa shape index (κ3) is 5.22. The van der Waals surface area contributed by atoms with Gasteiger partial charge in [-0.25, -0.2) is 9.97 Å². The van der Waals surface area contributed by atoms with E-state index in [0.29, 0.717) is 48.8 Å². The highest BCUT2D eigenvalue weighted by Gasteiger charge is 2.13. The molecule has 0 saturated heterocycles. The fraction of sp³-hybridized carbons (Fsp3) is 0.300. The lowest BCUT2D eigenvalue weighted by atomic mass is 10.2. The minimum absolute atomic E-state index is 0.399. The van der Waals surface area contributed by atoms with Crippen molar-refractivity contribution in [1.29, 1.82) is 0 Å². The molecule has 1 aromatic heterocycles. The molecule has 0 unspecified atom stereocenters. The van der Waals surface area contributed by atoms with Crippen molar-refractivity contribution < 1.29 is 18.9 Å². The molecule has 28 heavy (non-hydrogen) atoms. The van der Waals surface area contributed by atoms with Gasteiger partial charge >= 0.3 is 0 Å². The molecule has 3 aromatic rings. The molecule has 0 saturated carbocycles. The first kappa shape index (κ1) is 20.1. The van der Waals surface area contributed by atoms with Crippen molar-refractivity contribution in [2.75, 3.05) is 46.0 Å². The van der Waals surface area contributed by atoms with Crippen LogP contribution in [-0.4, -0.2) is 50.6 Å². The van der Waals surface area contributed by atoms with Gasteiger partial charge in [-0.2, -0.15) is 0 Å². The van der Waals surface area contributed by atoms with Crippen molar-refractivity contribution in [3.05, 3.63) is 47.7 Å². The molecule has 1 heterocycles. The Labute approximate surface area is 168 Å². The number of methoxy groups -OCH3 is 2. The van der Waals surface area contributed by atoms with E-state index in [1.54, 1.807) is 14.2 Å². The number of hydrogen-bond acceptors (Lipinski definition) is 7. The molecule has 1 N–H and O–H groups in total. The quantitative estimate of drug-likeness (QED) is 0.511. The van der Waals surface area contributed by atoms with Crippen LogP contribution in [-0.2, 0) is 9.47 Å². The van der Waals surface area contributed by atoms with Gasteiger partial charge in [0.05, 0.1) is 18.7 Å². The summed E-state index contributed by atoms with van der Waals surface area (Å²) >= 11 is 5.96. The maximum absolute atomic E-state index is 5.96. The molecule has 0 bridgehead atoms. The predicted octanol–water partition coefficient (Wildman–Crippen LogP) is 4.08. The fourth-order valence-electron chi connectivity index (χ4n) is 2.53. The van der Waals surface area contributed by atoms with Crippen molar-refractivity contribution in [2.24, 2.45) is 0 Å². The van der Waals surface area contributed by atoms with Crippen LogP contribution >= 0.6 is 11.6 Å². The molecule has 0 radical (unpaired) electrons. The van der Waals surface area contributed by atoms with Crippen LogP contribution in [0.3, 0.4) is 0 Å². The summed E-state index contributed by atoms with van der Waals surface area (Å²) in [5, 5.41) is 4.77. The smallest absolute Gasteiger partial charge is 0.163 e. The first-order valence-electron chi connectivity index (χ1n) is 8.76. The van der Waals surface area contributed by atoms with Crippen LogP contribution in [0.1, 0.15) is 0 Å². The standard InChI is InChI=1S/C20H22ClN3O4/c1-25-7-9-27-18-11-16-17(12-19(18)28-10-8-26-2)22-13-23-20(16)24-15-5-3-14(21)4-6-15/h3-6,11-13H,7-10H2,1-2H3,(H,22,23,24). The van der Waals surface area contributed by atoms with E-state index in [1.165, 1.54) is 6.33 Å². The molecular weight excluding hydrogens is 382 g/mol. The van der Waals surface area contributed by atoms with Gasteiger partial charge in [-0.05, 0) is 30.3 Å². The second kappa shape index (κ2) is 10.1. The van der Waals surface area contributed by atoms with Gasteiger partial charge in [0, 0.05) is 36.4 Å². The molecule has 2 aromatic carbocycles. The topological polar surface area (TPSA) is 74.7 Å². The number of nitrogens with zero attached hydrogens (tertiary/aromatic N) is 2. The molecule has 0 atom stereocenters. The Morgan fingerprint density at radius 2 is 1.50 bits per heavy atom. The molecule has 0 aliphatic heterocycles. The van der Waals surface area contributed by atoms with Gasteiger partial charge in [0.2, 0.25) is 0 Å². The maximum Gasteiger partial charge on any atom is 0.163 e. The second-order valence-electron chi connectivity index (χ2n) is 5.85. The molecule has 0 fully saturated rings. The number of anilines is 2. The Morgan fingerprint density at radius 3 is 2.14 bits per heavy atom. The average molecular weight is 404 g/mol. The number of ether oxygens (including phenoxy) is 4. The Balaban J connectivity index is 1.94. The van der Waals surface area contributed by atoms with Gasteiger partial charge in [-0.15, -0.1) is 0 Å². The summed E-state index contributed by atoms with van der Waals surface area (Å²) in [5.41, 5.74) is 1.60. The zero-order chi connectivity index (χ0) is 19.8. The van der Waals surface area contributed by atoms with Crippen LogP contribution < -0.4 is 14.8 Å². The zero-order valence-corrected chi connectivity index (χ0v) is 16.5. The third-order valence-corrected chi connectivity index (χ3v) is 4.15.